The average molecular weight is 262 g/mol. The first kappa shape index (κ1) is 11.8. The zero-order valence-corrected chi connectivity index (χ0v) is 9.60. The Morgan fingerprint density at radius 3 is 2.41 bits per heavy atom. The summed E-state index contributed by atoms with van der Waals surface area (Å²) in [4.78, 5) is 34.4. The molecule has 2 saturated heterocycles. The quantitative estimate of drug-likeness (QED) is 0.536. The Bertz CT molecular complexity index is 540. The zero-order chi connectivity index (χ0) is 13.2. The Kier molecular flexibility index (Phi) is 2.07. The van der Waals surface area contributed by atoms with Crippen LogP contribution in [-0.4, -0.2) is 52.4 Å². The molecule has 0 bridgehead atoms. The van der Waals surface area contributed by atoms with E-state index in [4.69, 9.17) is 10.8 Å². The Balaban J connectivity index is 2.67. The fraction of sp³-hybridized carbons (Fsp3) is 0.625. The first-order valence-electron chi connectivity index (χ1n) is 4.73. The summed E-state index contributed by atoms with van der Waals surface area (Å²) in [5, 5.41) is 7.76. The van der Waals surface area contributed by atoms with E-state index in [1.54, 1.807) is 0 Å². The van der Waals surface area contributed by atoms with E-state index in [1.165, 1.54) is 0 Å². The van der Waals surface area contributed by atoms with Gasteiger partial charge in [0.25, 0.3) is 0 Å². The largest absolute Gasteiger partial charge is 0.480 e. The second-order valence-corrected chi connectivity index (χ2v) is 6.70. The Hall–Kier alpha value is -1.64. The average Bonchev–Trinajstić information content (AvgIpc) is 2.33. The number of nitrogens with two attached hydrogens (primary N) is 1. The maximum atomic E-state index is 12.0. The molecule has 94 valence electrons. The van der Waals surface area contributed by atoms with Crippen LogP contribution in [0.25, 0.3) is 0 Å². The van der Waals surface area contributed by atoms with Crippen molar-refractivity contribution in [2.75, 3.05) is 0 Å². The van der Waals surface area contributed by atoms with Gasteiger partial charge >= 0.3 is 5.97 Å². The number of hydrogen-bond donors (Lipinski definition) is 2. The second kappa shape index (κ2) is 2.97. The molecule has 0 aromatic carbocycles. The lowest BCUT2D eigenvalue weighted by Crippen LogP contribution is -2.60. The summed E-state index contributed by atoms with van der Waals surface area (Å²) in [6.07, 6.45) is -0.297. The van der Waals surface area contributed by atoms with Gasteiger partial charge in [0, 0.05) is 0 Å². The SMILES string of the molecule is C[C@]1(C(N)=O)[C@H](C(=O)O)N2C(=O)C[C@H]2S1(=O)=O. The van der Waals surface area contributed by atoms with Crippen LogP contribution in [0.5, 0.6) is 0 Å². The van der Waals surface area contributed by atoms with Gasteiger partial charge in [0.05, 0.1) is 6.42 Å². The number of carboxylic acid groups (broad SMARTS) is 1. The highest BCUT2D eigenvalue weighted by molar-refractivity contribution is 7.94. The molecular formula is C8H10N2O6S. The van der Waals surface area contributed by atoms with Gasteiger partial charge in [0.1, 0.15) is 5.37 Å². The molecule has 2 rings (SSSR count). The van der Waals surface area contributed by atoms with Gasteiger partial charge in [-0.15, -0.1) is 0 Å². The van der Waals surface area contributed by atoms with E-state index in [0.29, 0.717) is 4.90 Å². The van der Waals surface area contributed by atoms with E-state index in [2.05, 4.69) is 0 Å². The third-order valence-corrected chi connectivity index (χ3v) is 6.14. The molecule has 0 aliphatic carbocycles. The summed E-state index contributed by atoms with van der Waals surface area (Å²) in [6, 6.07) is -1.74. The Morgan fingerprint density at radius 1 is 1.53 bits per heavy atom. The van der Waals surface area contributed by atoms with Gasteiger partial charge in [-0.25, -0.2) is 13.2 Å². The highest BCUT2D eigenvalue weighted by atomic mass is 32.2. The number of sulfone groups is 1. The number of nitrogens with zero attached hydrogens (tertiary/aromatic N) is 1. The Labute approximate surface area is 96.3 Å². The summed E-state index contributed by atoms with van der Waals surface area (Å²) in [5.41, 5.74) is 5.01. The van der Waals surface area contributed by atoms with Crippen LogP contribution in [0.2, 0.25) is 0 Å². The van der Waals surface area contributed by atoms with Crippen LogP contribution in [0.15, 0.2) is 0 Å². The lowest BCUT2D eigenvalue weighted by atomic mass is 9.96. The summed E-state index contributed by atoms with van der Waals surface area (Å²) in [6.45, 7) is 0.953. The van der Waals surface area contributed by atoms with E-state index >= 15 is 0 Å². The van der Waals surface area contributed by atoms with E-state index in [9.17, 15) is 22.8 Å². The first-order chi connectivity index (χ1) is 7.65. The number of carboxylic acids is 1. The fourth-order valence-corrected chi connectivity index (χ4v) is 4.58. The number of hydrogen-bond acceptors (Lipinski definition) is 5. The highest BCUT2D eigenvalue weighted by Gasteiger charge is 2.72. The number of carbonyl (C=O) groups excluding carboxylic acids is 2. The molecule has 0 saturated carbocycles. The van der Waals surface area contributed by atoms with Crippen LogP contribution in [0.3, 0.4) is 0 Å². The van der Waals surface area contributed by atoms with Gasteiger partial charge < -0.3 is 15.7 Å². The molecule has 0 radical (unpaired) electrons. The summed E-state index contributed by atoms with van der Waals surface area (Å²) < 4.78 is 21.8. The summed E-state index contributed by atoms with van der Waals surface area (Å²) >= 11 is 0. The monoisotopic (exact) mass is 262 g/mol. The number of aliphatic carboxylic acids is 1. The van der Waals surface area contributed by atoms with Crippen molar-refractivity contribution in [3.8, 4) is 0 Å². The molecular weight excluding hydrogens is 252 g/mol. The Morgan fingerprint density at radius 2 is 2.06 bits per heavy atom. The van der Waals surface area contributed by atoms with Gasteiger partial charge in [0.2, 0.25) is 11.8 Å². The van der Waals surface area contributed by atoms with E-state index < -0.39 is 43.8 Å². The molecule has 2 fully saturated rings. The molecule has 0 aromatic rings. The molecule has 8 nitrogen and oxygen atoms in total. The van der Waals surface area contributed by atoms with Crippen molar-refractivity contribution in [3.05, 3.63) is 0 Å². The number of carbonyl (C=O) groups is 3. The predicted molar refractivity (Wildman–Crippen MR) is 53.2 cm³/mol. The summed E-state index contributed by atoms with van der Waals surface area (Å²) in [5.74, 6) is -3.41. The molecule has 3 N–H and O–H groups in total. The van der Waals surface area contributed by atoms with Crippen LogP contribution in [0.4, 0.5) is 0 Å². The zero-order valence-electron chi connectivity index (χ0n) is 8.78. The topological polar surface area (TPSA) is 135 Å². The number of primary amides is 1. The number of fused-ring (bicyclic) bond motifs is 1. The number of rotatable bonds is 2. The fourth-order valence-electron chi connectivity index (χ4n) is 2.30. The van der Waals surface area contributed by atoms with Gasteiger partial charge in [-0.3, -0.25) is 9.59 Å². The van der Waals surface area contributed by atoms with Crippen molar-refractivity contribution < 1.29 is 27.9 Å². The third kappa shape index (κ3) is 1.07. The molecule has 2 aliphatic heterocycles. The van der Waals surface area contributed by atoms with Gasteiger partial charge in [-0.2, -0.15) is 0 Å². The van der Waals surface area contributed by atoms with Crippen molar-refractivity contribution in [1.29, 1.82) is 0 Å². The van der Waals surface area contributed by atoms with Crippen LogP contribution >= 0.6 is 0 Å². The summed E-state index contributed by atoms with van der Waals surface area (Å²) in [7, 11) is -4.10. The molecule has 9 heteroatoms. The molecule has 0 spiro atoms. The molecule has 0 unspecified atom stereocenters. The minimum atomic E-state index is -4.10. The van der Waals surface area contributed by atoms with Crippen molar-refractivity contribution in [2.24, 2.45) is 5.73 Å². The van der Waals surface area contributed by atoms with Crippen LogP contribution in [-0.2, 0) is 24.2 Å². The van der Waals surface area contributed by atoms with Crippen LogP contribution in [0, 0.1) is 0 Å². The van der Waals surface area contributed by atoms with Gasteiger partial charge in [-0.05, 0) is 6.92 Å². The lowest BCUT2D eigenvalue weighted by molar-refractivity contribution is -0.158. The van der Waals surface area contributed by atoms with Crippen LogP contribution in [0.1, 0.15) is 13.3 Å². The van der Waals surface area contributed by atoms with Gasteiger partial charge in [-0.1, -0.05) is 0 Å². The molecule has 3 atom stereocenters. The maximum Gasteiger partial charge on any atom is 0.328 e. The highest BCUT2D eigenvalue weighted by Crippen LogP contribution is 2.45. The molecule has 0 aromatic heterocycles. The molecule has 17 heavy (non-hydrogen) atoms. The molecule has 2 heterocycles. The van der Waals surface area contributed by atoms with E-state index in [-0.39, 0.29) is 6.42 Å². The standard InChI is InChI=1S/C8H10N2O6S/c1-8(7(9)14)5(6(12)13)10-3(11)2-4(10)17(8,15)16/h4-5H,2H2,1H3,(H2,9,14)(H,12,13)/t4-,5+,8-/m1/s1. The minimum Gasteiger partial charge on any atom is -0.480 e. The van der Waals surface area contributed by atoms with Crippen LogP contribution < -0.4 is 5.73 Å². The number of amides is 2. The first-order valence-corrected chi connectivity index (χ1v) is 6.27. The second-order valence-electron chi connectivity index (χ2n) is 4.22. The van der Waals surface area contributed by atoms with Crippen molar-refractivity contribution in [2.45, 2.75) is 29.5 Å². The predicted octanol–water partition coefficient (Wildman–Crippen LogP) is -2.33. The van der Waals surface area contributed by atoms with E-state index in [0.717, 1.165) is 6.92 Å². The van der Waals surface area contributed by atoms with Crippen molar-refractivity contribution in [1.82, 2.24) is 4.90 Å². The maximum absolute atomic E-state index is 12.0. The smallest absolute Gasteiger partial charge is 0.328 e. The lowest BCUT2D eigenvalue weighted by Gasteiger charge is -2.35. The minimum absolute atomic E-state index is 0.297. The third-order valence-electron chi connectivity index (χ3n) is 3.42. The van der Waals surface area contributed by atoms with Crippen molar-refractivity contribution >= 4 is 27.6 Å². The molecule has 2 aliphatic rings. The number of β-lactam (4-membered cyclic amide) rings is 1. The normalized spacial score (nSPS) is 38.4. The molecule has 2 amide bonds. The van der Waals surface area contributed by atoms with E-state index in [1.807, 2.05) is 0 Å². The van der Waals surface area contributed by atoms with Crippen molar-refractivity contribution in [3.63, 3.8) is 0 Å². The van der Waals surface area contributed by atoms with Gasteiger partial charge in [0.15, 0.2) is 20.6 Å².